The third-order valence-electron chi connectivity index (χ3n) is 2.74. The molecule has 0 spiro atoms. The maximum atomic E-state index is 11.1. The molecule has 0 fully saturated rings. The molecule has 5 nitrogen and oxygen atoms in total. The zero-order valence-electron chi connectivity index (χ0n) is 11.3. The van der Waals surface area contributed by atoms with E-state index in [1.165, 1.54) is 13.8 Å². The maximum absolute atomic E-state index is 11.1. The summed E-state index contributed by atoms with van der Waals surface area (Å²) >= 11 is 1.58. The Hall–Kier alpha value is -1.66. The fraction of sp³-hybridized carbons (Fsp3) is 0.429. The van der Waals surface area contributed by atoms with Crippen molar-refractivity contribution in [3.63, 3.8) is 0 Å². The van der Waals surface area contributed by atoms with Crippen molar-refractivity contribution in [2.24, 2.45) is 0 Å². The molecular formula is C14H16O5S. The van der Waals surface area contributed by atoms with Crippen molar-refractivity contribution >= 4 is 23.3 Å². The molecule has 0 saturated heterocycles. The van der Waals surface area contributed by atoms with Crippen LogP contribution in [0.15, 0.2) is 29.7 Å². The van der Waals surface area contributed by atoms with Gasteiger partial charge in [-0.3, -0.25) is 9.59 Å². The highest BCUT2D eigenvalue weighted by Gasteiger charge is 2.31. The molecule has 0 amide bonds. The molecule has 1 aromatic rings. The minimum atomic E-state index is -0.539. The predicted molar refractivity (Wildman–Crippen MR) is 73.3 cm³/mol. The fourth-order valence-electron chi connectivity index (χ4n) is 1.90. The Labute approximate surface area is 121 Å². The number of hydrogen-bond donors (Lipinski definition) is 0. The molecule has 6 heteroatoms. The Bertz CT molecular complexity index is 494. The smallest absolute Gasteiger partial charge is 0.303 e. The molecule has 0 aliphatic carbocycles. The number of esters is 2. The molecule has 0 bridgehead atoms. The Balaban J connectivity index is 2.08. The molecule has 2 heterocycles. The van der Waals surface area contributed by atoms with Crippen LogP contribution in [0.5, 0.6) is 0 Å². The molecule has 20 heavy (non-hydrogen) atoms. The number of hydrogen-bond acceptors (Lipinski definition) is 6. The highest BCUT2D eigenvalue weighted by Crippen LogP contribution is 2.30. The zero-order valence-corrected chi connectivity index (χ0v) is 12.1. The van der Waals surface area contributed by atoms with Crippen LogP contribution >= 0.6 is 11.3 Å². The van der Waals surface area contributed by atoms with Crippen molar-refractivity contribution in [2.75, 3.05) is 6.61 Å². The van der Waals surface area contributed by atoms with Gasteiger partial charge in [0, 0.05) is 18.7 Å². The highest BCUT2D eigenvalue weighted by atomic mass is 32.1. The monoisotopic (exact) mass is 296 g/mol. The molecule has 0 N–H and O–H groups in total. The largest absolute Gasteiger partial charge is 0.463 e. The topological polar surface area (TPSA) is 61.8 Å². The predicted octanol–water partition coefficient (Wildman–Crippen LogP) is 2.24. The van der Waals surface area contributed by atoms with Crippen LogP contribution in [0.2, 0.25) is 0 Å². The molecule has 1 aromatic heterocycles. The first-order chi connectivity index (χ1) is 9.56. The van der Waals surface area contributed by atoms with E-state index < -0.39 is 24.1 Å². The number of rotatable bonds is 4. The number of carbonyl (C=O) groups is 2. The number of carbonyl (C=O) groups excluding carboxylic acids is 2. The Morgan fingerprint density at radius 2 is 2.10 bits per heavy atom. The van der Waals surface area contributed by atoms with Crippen LogP contribution in [0.1, 0.15) is 24.8 Å². The summed E-state index contributed by atoms with van der Waals surface area (Å²) in [5.74, 6) is -0.789. The molecule has 108 valence electrons. The SMILES string of the molecule is CC(=O)OC[C@H]1O[C@H](c2cccs2)C=C[C@@H]1OC(C)=O. The van der Waals surface area contributed by atoms with Gasteiger partial charge in [0.2, 0.25) is 0 Å². The van der Waals surface area contributed by atoms with E-state index in [1.807, 2.05) is 23.6 Å². The Kier molecular flexibility index (Phi) is 4.92. The van der Waals surface area contributed by atoms with Gasteiger partial charge in [0.1, 0.15) is 24.9 Å². The Morgan fingerprint density at radius 3 is 2.70 bits per heavy atom. The third-order valence-corrected chi connectivity index (χ3v) is 3.67. The van der Waals surface area contributed by atoms with E-state index in [1.54, 1.807) is 17.4 Å². The minimum absolute atomic E-state index is 0.0551. The van der Waals surface area contributed by atoms with Crippen molar-refractivity contribution in [1.82, 2.24) is 0 Å². The van der Waals surface area contributed by atoms with Crippen LogP contribution in [0.3, 0.4) is 0 Å². The van der Waals surface area contributed by atoms with E-state index in [2.05, 4.69) is 0 Å². The number of ether oxygens (including phenoxy) is 3. The first-order valence-corrected chi connectivity index (χ1v) is 7.12. The molecule has 1 aliphatic rings. The van der Waals surface area contributed by atoms with Gasteiger partial charge < -0.3 is 14.2 Å². The molecular weight excluding hydrogens is 280 g/mol. The molecule has 3 atom stereocenters. The molecule has 2 rings (SSSR count). The zero-order chi connectivity index (χ0) is 14.5. The van der Waals surface area contributed by atoms with Crippen LogP contribution in [-0.4, -0.2) is 30.8 Å². The normalized spacial score (nSPS) is 25.2. The lowest BCUT2D eigenvalue weighted by atomic mass is 10.1. The summed E-state index contributed by atoms with van der Waals surface area (Å²) in [5.41, 5.74) is 0. The summed E-state index contributed by atoms with van der Waals surface area (Å²) in [4.78, 5) is 23.1. The highest BCUT2D eigenvalue weighted by molar-refractivity contribution is 7.10. The van der Waals surface area contributed by atoms with Gasteiger partial charge >= 0.3 is 11.9 Å². The molecule has 0 unspecified atom stereocenters. The van der Waals surface area contributed by atoms with E-state index in [9.17, 15) is 9.59 Å². The van der Waals surface area contributed by atoms with Crippen molar-refractivity contribution in [3.05, 3.63) is 34.5 Å². The first-order valence-electron chi connectivity index (χ1n) is 6.24. The van der Waals surface area contributed by atoms with Gasteiger partial charge in [-0.1, -0.05) is 12.1 Å². The summed E-state index contributed by atoms with van der Waals surface area (Å²) < 4.78 is 16.0. The van der Waals surface area contributed by atoms with Gasteiger partial charge in [-0.15, -0.1) is 11.3 Å². The summed E-state index contributed by atoms with van der Waals surface area (Å²) in [5, 5.41) is 1.96. The van der Waals surface area contributed by atoms with E-state index >= 15 is 0 Å². The second kappa shape index (κ2) is 6.67. The first kappa shape index (κ1) is 14.7. The molecule has 0 radical (unpaired) electrons. The van der Waals surface area contributed by atoms with Crippen molar-refractivity contribution in [3.8, 4) is 0 Å². The van der Waals surface area contributed by atoms with Gasteiger partial charge in [-0.2, -0.15) is 0 Å². The van der Waals surface area contributed by atoms with Crippen molar-refractivity contribution < 1.29 is 23.8 Å². The van der Waals surface area contributed by atoms with Crippen LogP contribution in [-0.2, 0) is 23.8 Å². The average molecular weight is 296 g/mol. The van der Waals surface area contributed by atoms with Gasteiger partial charge in [-0.25, -0.2) is 0 Å². The quantitative estimate of drug-likeness (QED) is 0.630. The van der Waals surface area contributed by atoms with Crippen LogP contribution < -0.4 is 0 Å². The summed E-state index contributed by atoms with van der Waals surface area (Å²) in [6.45, 7) is 2.72. The van der Waals surface area contributed by atoms with Gasteiger partial charge in [-0.05, 0) is 17.5 Å². The lowest BCUT2D eigenvalue weighted by Gasteiger charge is -2.31. The van der Waals surface area contributed by atoms with Crippen LogP contribution in [0, 0.1) is 0 Å². The van der Waals surface area contributed by atoms with Crippen molar-refractivity contribution in [2.45, 2.75) is 32.2 Å². The molecule has 0 saturated carbocycles. The van der Waals surface area contributed by atoms with E-state index in [0.29, 0.717) is 0 Å². The van der Waals surface area contributed by atoms with Crippen molar-refractivity contribution in [1.29, 1.82) is 0 Å². The fourth-order valence-corrected chi connectivity index (χ4v) is 2.64. The lowest BCUT2D eigenvalue weighted by Crippen LogP contribution is -2.39. The van der Waals surface area contributed by atoms with Gasteiger partial charge in [0.15, 0.2) is 0 Å². The molecule has 0 aromatic carbocycles. The lowest BCUT2D eigenvalue weighted by molar-refractivity contribution is -0.163. The number of thiophene rings is 1. The van der Waals surface area contributed by atoms with E-state index in [4.69, 9.17) is 14.2 Å². The van der Waals surface area contributed by atoms with E-state index in [-0.39, 0.29) is 12.7 Å². The second-order valence-corrected chi connectivity index (χ2v) is 5.35. The van der Waals surface area contributed by atoms with Gasteiger partial charge in [0.25, 0.3) is 0 Å². The Morgan fingerprint density at radius 1 is 1.30 bits per heavy atom. The van der Waals surface area contributed by atoms with E-state index in [0.717, 1.165) is 4.88 Å². The molecule has 1 aliphatic heterocycles. The minimum Gasteiger partial charge on any atom is -0.463 e. The third kappa shape index (κ3) is 3.91. The maximum Gasteiger partial charge on any atom is 0.303 e. The summed E-state index contributed by atoms with van der Waals surface area (Å²) in [6.07, 6.45) is 2.39. The second-order valence-electron chi connectivity index (χ2n) is 4.37. The van der Waals surface area contributed by atoms with Crippen LogP contribution in [0.4, 0.5) is 0 Å². The van der Waals surface area contributed by atoms with Gasteiger partial charge in [0.05, 0.1) is 0 Å². The summed E-state index contributed by atoms with van der Waals surface area (Å²) in [6, 6.07) is 3.91. The standard InChI is InChI=1S/C14H16O5S/c1-9(15)17-8-13-11(18-10(2)16)5-6-12(19-13)14-4-3-7-20-14/h3-7,11-13H,8H2,1-2H3/t11-,12-,13+/m0/s1. The average Bonchev–Trinajstić information content (AvgIpc) is 2.90. The van der Waals surface area contributed by atoms with Crippen LogP contribution in [0.25, 0.3) is 0 Å². The summed E-state index contributed by atoms with van der Waals surface area (Å²) in [7, 11) is 0.